The van der Waals surface area contributed by atoms with Crippen molar-refractivity contribution in [1.29, 1.82) is 0 Å². The lowest BCUT2D eigenvalue weighted by Gasteiger charge is -2.16. The van der Waals surface area contributed by atoms with Crippen LogP contribution in [0.25, 0.3) is 0 Å². The Morgan fingerprint density at radius 3 is 2.30 bits per heavy atom. The highest BCUT2D eigenvalue weighted by Gasteiger charge is 2.32. The molecule has 8 nitrogen and oxygen atoms in total. The van der Waals surface area contributed by atoms with Crippen LogP contribution in [-0.2, 0) is 6.54 Å². The van der Waals surface area contributed by atoms with Crippen molar-refractivity contribution < 1.29 is 42.4 Å². The van der Waals surface area contributed by atoms with Gasteiger partial charge in [-0.1, -0.05) is 41.4 Å². The second kappa shape index (κ2) is 12.0. The van der Waals surface area contributed by atoms with Crippen LogP contribution in [0.1, 0.15) is 26.3 Å². The van der Waals surface area contributed by atoms with Crippen LogP contribution in [-0.4, -0.2) is 41.6 Å². The monoisotopic (exact) mass is 558 g/mol. The zero-order valence-corrected chi connectivity index (χ0v) is 20.2. The van der Waals surface area contributed by atoms with Crippen molar-refractivity contribution in [2.24, 2.45) is 0 Å². The maximum absolute atomic E-state index is 13.0. The Morgan fingerprint density at radius 1 is 0.973 bits per heavy atom. The fraction of sp³-hybridized carbons (Fsp3) is 0.167. The van der Waals surface area contributed by atoms with Crippen LogP contribution in [0.3, 0.4) is 0 Å². The number of benzene rings is 3. The van der Waals surface area contributed by atoms with Gasteiger partial charge in [-0.2, -0.15) is 0 Å². The number of anilines is 1. The molecule has 3 rings (SSSR count). The molecular weight excluding hydrogens is 540 g/mol. The van der Waals surface area contributed by atoms with Gasteiger partial charge < -0.3 is 30.3 Å². The number of halogens is 5. The summed E-state index contributed by atoms with van der Waals surface area (Å²) in [5, 5.41) is 23.4. The van der Waals surface area contributed by atoms with Gasteiger partial charge in [-0.25, -0.2) is 0 Å². The van der Waals surface area contributed by atoms with Gasteiger partial charge in [-0.3, -0.25) is 9.59 Å². The van der Waals surface area contributed by atoms with Gasteiger partial charge in [-0.05, 0) is 36.4 Å². The lowest BCUT2D eigenvalue weighted by Crippen LogP contribution is -2.26. The Hall–Kier alpha value is -3.67. The number of rotatable bonds is 9. The number of alkyl halides is 3. The number of phenols is 1. The normalized spacial score (nSPS) is 11.1. The molecule has 0 aliphatic heterocycles. The van der Waals surface area contributed by atoms with Crippen LogP contribution >= 0.6 is 23.2 Å². The predicted octanol–water partition coefficient (Wildman–Crippen LogP) is 5.15. The molecule has 0 aliphatic carbocycles. The summed E-state index contributed by atoms with van der Waals surface area (Å²) in [5.74, 6) is -2.17. The van der Waals surface area contributed by atoms with Crippen LogP contribution in [0, 0.1) is 0 Å². The van der Waals surface area contributed by atoms with Crippen LogP contribution in [0.4, 0.5) is 18.9 Å². The number of hydrogen-bond donors (Lipinski definition) is 4. The quantitative estimate of drug-likeness (QED) is 0.288. The van der Waals surface area contributed by atoms with Crippen LogP contribution in [0.15, 0.2) is 54.6 Å². The minimum Gasteiger partial charge on any atom is -0.505 e. The number of aliphatic hydroxyl groups is 1. The number of para-hydroxylation sites is 1. The minimum absolute atomic E-state index is 0.0157. The molecular formula is C24H19Cl2F3N2O6. The highest BCUT2D eigenvalue weighted by atomic mass is 35.5. The average molecular weight is 559 g/mol. The maximum Gasteiger partial charge on any atom is 0.573 e. The fourth-order valence-electron chi connectivity index (χ4n) is 3.11. The lowest BCUT2D eigenvalue weighted by molar-refractivity contribution is -0.274. The van der Waals surface area contributed by atoms with Gasteiger partial charge in [0.25, 0.3) is 11.8 Å². The molecule has 0 aliphatic rings. The lowest BCUT2D eigenvalue weighted by atomic mass is 10.1. The largest absolute Gasteiger partial charge is 0.573 e. The van der Waals surface area contributed by atoms with Crippen LogP contribution in [0.2, 0.25) is 10.0 Å². The SMILES string of the molecule is O=C(Nc1ccc(OCCO)cc1C(=O)NCc1ccccc1OC(F)(F)F)c1cc(Cl)c(O)c(Cl)c1. The predicted molar refractivity (Wildman–Crippen MR) is 129 cm³/mol. The first-order chi connectivity index (χ1) is 17.5. The topological polar surface area (TPSA) is 117 Å². The van der Waals surface area contributed by atoms with Crippen molar-refractivity contribution >= 4 is 40.7 Å². The zero-order chi connectivity index (χ0) is 27.2. The number of ether oxygens (including phenoxy) is 2. The number of aromatic hydroxyl groups is 1. The Labute approximate surface area is 218 Å². The molecule has 0 radical (unpaired) electrons. The van der Waals surface area contributed by atoms with Crippen molar-refractivity contribution in [3.8, 4) is 17.2 Å². The molecule has 2 amide bonds. The molecule has 0 saturated heterocycles. The molecule has 0 unspecified atom stereocenters. The maximum atomic E-state index is 13.0. The van der Waals surface area contributed by atoms with Crippen molar-refractivity contribution in [2.45, 2.75) is 12.9 Å². The molecule has 196 valence electrons. The summed E-state index contributed by atoms with van der Waals surface area (Å²) in [4.78, 5) is 25.8. The number of hydrogen-bond acceptors (Lipinski definition) is 6. The molecule has 3 aromatic rings. The third-order valence-corrected chi connectivity index (χ3v) is 5.34. The summed E-state index contributed by atoms with van der Waals surface area (Å²) in [7, 11) is 0. The summed E-state index contributed by atoms with van der Waals surface area (Å²) < 4.78 is 47.4. The van der Waals surface area contributed by atoms with Gasteiger partial charge >= 0.3 is 6.36 Å². The first-order valence-electron chi connectivity index (χ1n) is 10.5. The Morgan fingerprint density at radius 2 is 1.65 bits per heavy atom. The minimum atomic E-state index is -4.92. The highest BCUT2D eigenvalue weighted by molar-refractivity contribution is 6.37. The standard InChI is InChI=1S/C24H19Cl2F3N2O6/c25-17-9-14(10-18(26)21(17)33)22(34)31-19-6-5-15(36-8-7-32)11-16(19)23(35)30-12-13-3-1-2-4-20(13)37-24(27,28)29/h1-6,9-11,32-33H,7-8,12H2,(H,30,35)(H,31,34). The molecule has 0 spiro atoms. The molecule has 4 N–H and O–H groups in total. The van der Waals surface area contributed by atoms with Crippen LogP contribution in [0.5, 0.6) is 17.2 Å². The van der Waals surface area contributed by atoms with E-state index in [0.717, 1.165) is 6.07 Å². The van der Waals surface area contributed by atoms with Crippen molar-refractivity contribution in [2.75, 3.05) is 18.5 Å². The number of nitrogens with one attached hydrogen (secondary N) is 2. The zero-order valence-electron chi connectivity index (χ0n) is 18.7. The summed E-state index contributed by atoms with van der Waals surface area (Å²) in [6.07, 6.45) is -4.92. The highest BCUT2D eigenvalue weighted by Crippen LogP contribution is 2.33. The third kappa shape index (κ3) is 7.66. The van der Waals surface area contributed by atoms with Gasteiger partial charge in [0.1, 0.15) is 18.1 Å². The van der Waals surface area contributed by atoms with Crippen LogP contribution < -0.4 is 20.1 Å². The van der Waals surface area contributed by atoms with E-state index in [2.05, 4.69) is 15.4 Å². The van der Waals surface area contributed by atoms with Gasteiger partial charge in [0.2, 0.25) is 0 Å². The van der Waals surface area contributed by atoms with E-state index in [1.165, 1.54) is 48.5 Å². The first-order valence-corrected chi connectivity index (χ1v) is 11.2. The van der Waals surface area contributed by atoms with E-state index in [9.17, 15) is 27.9 Å². The van der Waals surface area contributed by atoms with E-state index in [1.54, 1.807) is 0 Å². The summed E-state index contributed by atoms with van der Waals surface area (Å²) in [6, 6.07) is 11.7. The van der Waals surface area contributed by atoms with Gasteiger partial charge in [0.05, 0.1) is 27.9 Å². The average Bonchev–Trinajstić information content (AvgIpc) is 2.84. The molecule has 0 heterocycles. The molecule has 0 aromatic heterocycles. The number of carbonyl (C=O) groups excluding carboxylic acids is 2. The number of aliphatic hydroxyl groups excluding tert-OH is 1. The summed E-state index contributed by atoms with van der Waals surface area (Å²) >= 11 is 11.7. The Balaban J connectivity index is 1.86. The Bertz CT molecular complexity index is 1280. The van der Waals surface area contributed by atoms with Crippen molar-refractivity contribution in [3.63, 3.8) is 0 Å². The second-order valence-electron chi connectivity index (χ2n) is 7.36. The summed E-state index contributed by atoms with van der Waals surface area (Å²) in [6.45, 7) is -0.693. The smallest absolute Gasteiger partial charge is 0.505 e. The number of carbonyl (C=O) groups is 2. The van der Waals surface area contributed by atoms with Crippen molar-refractivity contribution in [1.82, 2.24) is 5.32 Å². The first kappa shape index (κ1) is 27.9. The third-order valence-electron chi connectivity index (χ3n) is 4.76. The van der Waals surface area contributed by atoms with E-state index in [-0.39, 0.29) is 57.9 Å². The molecule has 13 heteroatoms. The molecule has 0 atom stereocenters. The molecule has 0 fully saturated rings. The molecule has 37 heavy (non-hydrogen) atoms. The number of phenolic OH excluding ortho intramolecular Hbond substituents is 1. The van der Waals surface area contributed by atoms with Crippen molar-refractivity contribution in [3.05, 3.63) is 81.3 Å². The Kier molecular flexibility index (Phi) is 9.09. The second-order valence-corrected chi connectivity index (χ2v) is 8.17. The van der Waals surface area contributed by atoms with E-state index in [1.807, 2.05) is 0 Å². The number of amides is 2. The van der Waals surface area contributed by atoms with E-state index in [4.69, 9.17) is 33.0 Å². The molecule has 3 aromatic carbocycles. The molecule has 0 bridgehead atoms. The summed E-state index contributed by atoms with van der Waals surface area (Å²) in [5.41, 5.74) is -0.0224. The van der Waals surface area contributed by atoms with Gasteiger partial charge in [-0.15, -0.1) is 13.2 Å². The fourth-order valence-corrected chi connectivity index (χ4v) is 3.60. The molecule has 0 saturated carbocycles. The van der Waals surface area contributed by atoms with Gasteiger partial charge in [0.15, 0.2) is 5.75 Å². The van der Waals surface area contributed by atoms with E-state index < -0.39 is 29.7 Å². The van der Waals surface area contributed by atoms with E-state index >= 15 is 0 Å². The van der Waals surface area contributed by atoms with Gasteiger partial charge in [0, 0.05) is 17.7 Å². The van der Waals surface area contributed by atoms with E-state index in [0.29, 0.717) is 0 Å².